The van der Waals surface area contributed by atoms with Crippen LogP contribution in [0.25, 0.3) is 0 Å². The second kappa shape index (κ2) is 6.88. The van der Waals surface area contributed by atoms with Gasteiger partial charge in [-0.05, 0) is 28.1 Å². The summed E-state index contributed by atoms with van der Waals surface area (Å²) in [6.07, 6.45) is 0. The van der Waals surface area contributed by atoms with Crippen molar-refractivity contribution in [3.05, 3.63) is 22.6 Å². The molecule has 1 aromatic rings. The molecule has 0 aliphatic heterocycles. The first kappa shape index (κ1) is 14.3. The maximum absolute atomic E-state index is 11.4. The van der Waals surface area contributed by atoms with Gasteiger partial charge < -0.3 is 15.1 Å². The molecule has 17 heavy (non-hydrogen) atoms. The van der Waals surface area contributed by atoms with Crippen molar-refractivity contribution < 1.29 is 14.0 Å². The Hall–Kier alpha value is -0.720. The summed E-state index contributed by atoms with van der Waals surface area (Å²) in [6, 6.07) is 3.15. The molecule has 0 fully saturated rings. The molecular weight excluding hydrogens is 335 g/mol. The average Bonchev–Trinajstić information content (AvgIpc) is 2.70. The molecule has 0 aromatic carbocycles. The standard InChI is InChI=1S/C9H9BrCl2N2O3/c10-6-2-1-5(17-6)8(15)13-3-4-14-9(16)7(11)12/h1-2,7H,3-4H2,(H,13,15)(H,14,16). The van der Waals surface area contributed by atoms with Crippen LogP contribution in [0.4, 0.5) is 0 Å². The zero-order chi connectivity index (χ0) is 12.8. The first-order valence-corrected chi connectivity index (χ1v) is 6.26. The second-order valence-electron chi connectivity index (χ2n) is 2.95. The van der Waals surface area contributed by atoms with Crippen LogP contribution in [0.5, 0.6) is 0 Å². The Balaban J connectivity index is 2.23. The highest BCUT2D eigenvalue weighted by molar-refractivity contribution is 9.10. The second-order valence-corrected chi connectivity index (χ2v) is 4.83. The van der Waals surface area contributed by atoms with E-state index < -0.39 is 10.7 Å². The Labute approximate surface area is 116 Å². The summed E-state index contributed by atoms with van der Waals surface area (Å²) in [4.78, 5) is 21.3. The molecule has 0 unspecified atom stereocenters. The van der Waals surface area contributed by atoms with Crippen LogP contribution in [0.3, 0.4) is 0 Å². The first-order valence-electron chi connectivity index (χ1n) is 4.60. The lowest BCUT2D eigenvalue weighted by molar-refractivity contribution is -0.119. The van der Waals surface area contributed by atoms with Crippen molar-refractivity contribution in [2.24, 2.45) is 0 Å². The highest BCUT2D eigenvalue weighted by Gasteiger charge is 2.11. The van der Waals surface area contributed by atoms with E-state index in [1.54, 1.807) is 6.07 Å². The Morgan fingerprint density at radius 3 is 2.47 bits per heavy atom. The van der Waals surface area contributed by atoms with Crippen molar-refractivity contribution in [3.63, 3.8) is 0 Å². The Kier molecular flexibility index (Phi) is 5.80. The molecular formula is C9H9BrCl2N2O3. The molecule has 0 aliphatic rings. The minimum atomic E-state index is -1.10. The lowest BCUT2D eigenvalue weighted by atomic mass is 10.4. The van der Waals surface area contributed by atoms with Crippen molar-refractivity contribution in [1.82, 2.24) is 10.6 Å². The zero-order valence-corrected chi connectivity index (χ0v) is 11.6. The topological polar surface area (TPSA) is 71.3 Å². The highest BCUT2D eigenvalue weighted by atomic mass is 79.9. The Morgan fingerprint density at radius 2 is 1.94 bits per heavy atom. The average molecular weight is 344 g/mol. The number of hydrogen-bond donors (Lipinski definition) is 2. The van der Waals surface area contributed by atoms with E-state index >= 15 is 0 Å². The molecule has 0 aliphatic carbocycles. The summed E-state index contributed by atoms with van der Waals surface area (Å²) in [5.74, 6) is -0.669. The quantitative estimate of drug-likeness (QED) is 0.631. The van der Waals surface area contributed by atoms with Crippen molar-refractivity contribution in [2.45, 2.75) is 4.84 Å². The highest BCUT2D eigenvalue weighted by Crippen LogP contribution is 2.13. The van der Waals surface area contributed by atoms with Crippen molar-refractivity contribution in [3.8, 4) is 0 Å². The summed E-state index contributed by atoms with van der Waals surface area (Å²) in [7, 11) is 0. The number of carbonyl (C=O) groups is 2. The van der Waals surface area contributed by atoms with Gasteiger partial charge >= 0.3 is 0 Å². The minimum absolute atomic E-state index is 0.191. The van der Waals surface area contributed by atoms with Gasteiger partial charge in [0, 0.05) is 13.1 Å². The smallest absolute Gasteiger partial charge is 0.287 e. The number of halogens is 3. The fourth-order valence-electron chi connectivity index (χ4n) is 0.962. The van der Waals surface area contributed by atoms with Gasteiger partial charge in [-0.2, -0.15) is 0 Å². The molecule has 2 N–H and O–H groups in total. The molecule has 1 heterocycles. The number of alkyl halides is 2. The van der Waals surface area contributed by atoms with E-state index in [4.69, 9.17) is 27.6 Å². The van der Waals surface area contributed by atoms with E-state index in [1.165, 1.54) is 6.07 Å². The van der Waals surface area contributed by atoms with Gasteiger partial charge in [-0.25, -0.2) is 0 Å². The molecule has 0 saturated heterocycles. The SMILES string of the molecule is O=C(NCCNC(=O)C(Cl)Cl)c1ccc(Br)o1. The number of amides is 2. The summed E-state index contributed by atoms with van der Waals surface area (Å²) in [5, 5.41) is 4.99. The summed E-state index contributed by atoms with van der Waals surface area (Å²) in [6.45, 7) is 0.492. The van der Waals surface area contributed by atoms with Gasteiger partial charge in [0.2, 0.25) is 0 Å². The van der Waals surface area contributed by atoms with Crippen LogP contribution in [0.2, 0.25) is 0 Å². The molecule has 0 atom stereocenters. The molecule has 0 bridgehead atoms. The van der Waals surface area contributed by atoms with Crippen molar-refractivity contribution >= 4 is 50.9 Å². The summed E-state index contributed by atoms with van der Waals surface area (Å²) in [5.41, 5.74) is 0. The lowest BCUT2D eigenvalue weighted by Crippen LogP contribution is -2.36. The molecule has 0 saturated carbocycles. The molecule has 0 spiro atoms. The first-order chi connectivity index (χ1) is 8.00. The van der Waals surface area contributed by atoms with Gasteiger partial charge in [0.15, 0.2) is 15.3 Å². The lowest BCUT2D eigenvalue weighted by Gasteiger charge is -2.06. The van der Waals surface area contributed by atoms with Crippen LogP contribution in [0.15, 0.2) is 21.2 Å². The summed E-state index contributed by atoms with van der Waals surface area (Å²) < 4.78 is 5.51. The predicted octanol–water partition coefficient (Wildman–Crippen LogP) is 1.69. The molecule has 94 valence electrons. The fourth-order valence-corrected chi connectivity index (χ4v) is 1.42. The number of rotatable bonds is 5. The van der Waals surface area contributed by atoms with E-state index in [2.05, 4.69) is 26.6 Å². The summed E-state index contributed by atoms with van der Waals surface area (Å²) >= 11 is 13.7. The van der Waals surface area contributed by atoms with Crippen LogP contribution in [0, 0.1) is 0 Å². The van der Waals surface area contributed by atoms with E-state index in [0.29, 0.717) is 4.67 Å². The van der Waals surface area contributed by atoms with E-state index in [-0.39, 0.29) is 24.8 Å². The fraction of sp³-hybridized carbons (Fsp3) is 0.333. The molecule has 1 rings (SSSR count). The molecule has 2 amide bonds. The largest absolute Gasteiger partial charge is 0.444 e. The maximum atomic E-state index is 11.4. The van der Waals surface area contributed by atoms with E-state index in [1.807, 2.05) is 0 Å². The van der Waals surface area contributed by atoms with Gasteiger partial charge in [-0.1, -0.05) is 23.2 Å². The molecule has 1 aromatic heterocycles. The van der Waals surface area contributed by atoms with E-state index in [0.717, 1.165) is 0 Å². The molecule has 0 radical (unpaired) electrons. The number of furan rings is 1. The third-order valence-corrected chi connectivity index (χ3v) is 2.53. The van der Waals surface area contributed by atoms with Crippen LogP contribution in [-0.4, -0.2) is 29.7 Å². The van der Waals surface area contributed by atoms with Gasteiger partial charge in [0.1, 0.15) is 0 Å². The Morgan fingerprint density at radius 1 is 1.29 bits per heavy atom. The predicted molar refractivity (Wildman–Crippen MR) is 67.2 cm³/mol. The number of nitrogens with one attached hydrogen (secondary N) is 2. The normalized spacial score (nSPS) is 10.4. The Bertz CT molecular complexity index is 409. The van der Waals surface area contributed by atoms with Crippen LogP contribution in [-0.2, 0) is 4.79 Å². The van der Waals surface area contributed by atoms with Gasteiger partial charge in [0.05, 0.1) is 0 Å². The molecule has 8 heteroatoms. The number of hydrogen-bond acceptors (Lipinski definition) is 3. The molecule has 5 nitrogen and oxygen atoms in total. The van der Waals surface area contributed by atoms with Crippen LogP contribution >= 0.6 is 39.1 Å². The monoisotopic (exact) mass is 342 g/mol. The van der Waals surface area contributed by atoms with E-state index in [9.17, 15) is 9.59 Å². The van der Waals surface area contributed by atoms with Gasteiger partial charge in [-0.15, -0.1) is 0 Å². The maximum Gasteiger partial charge on any atom is 0.287 e. The van der Waals surface area contributed by atoms with Crippen LogP contribution < -0.4 is 10.6 Å². The third-order valence-electron chi connectivity index (χ3n) is 1.70. The minimum Gasteiger partial charge on any atom is -0.444 e. The van der Waals surface area contributed by atoms with Gasteiger partial charge in [0.25, 0.3) is 11.8 Å². The number of carbonyl (C=O) groups excluding carboxylic acids is 2. The third kappa shape index (κ3) is 4.97. The van der Waals surface area contributed by atoms with Crippen molar-refractivity contribution in [2.75, 3.05) is 13.1 Å². The van der Waals surface area contributed by atoms with Gasteiger partial charge in [-0.3, -0.25) is 9.59 Å². The van der Waals surface area contributed by atoms with Crippen molar-refractivity contribution in [1.29, 1.82) is 0 Å². The zero-order valence-electron chi connectivity index (χ0n) is 8.50. The van der Waals surface area contributed by atoms with Crippen LogP contribution in [0.1, 0.15) is 10.6 Å².